The van der Waals surface area contributed by atoms with Crippen LogP contribution >= 0.6 is 11.8 Å². The van der Waals surface area contributed by atoms with Gasteiger partial charge in [0.2, 0.25) is 0 Å². The van der Waals surface area contributed by atoms with Crippen molar-refractivity contribution in [2.24, 2.45) is 5.92 Å². The summed E-state index contributed by atoms with van der Waals surface area (Å²) in [7, 11) is 0. The summed E-state index contributed by atoms with van der Waals surface area (Å²) in [6, 6.07) is 5.97. The quantitative estimate of drug-likeness (QED) is 0.832. The number of thioether (sulfide) groups is 1. The normalized spacial score (nSPS) is 22.2. The number of nitrogen functional groups attached to an aromatic ring is 1. The first-order chi connectivity index (χ1) is 9.43. The van der Waals surface area contributed by atoms with Gasteiger partial charge < -0.3 is 15.7 Å². The molecule has 0 saturated carbocycles. The van der Waals surface area contributed by atoms with E-state index in [1.54, 1.807) is 24.3 Å². The predicted molar refractivity (Wildman–Crippen MR) is 79.5 cm³/mol. The Bertz CT molecular complexity index is 533. The van der Waals surface area contributed by atoms with E-state index < -0.39 is 12.0 Å². The lowest BCUT2D eigenvalue weighted by Crippen LogP contribution is -2.47. The highest BCUT2D eigenvalue weighted by molar-refractivity contribution is 8.00. The largest absolute Gasteiger partial charge is 0.480 e. The molecule has 2 rings (SSSR count). The Morgan fingerprint density at radius 3 is 2.60 bits per heavy atom. The fraction of sp³-hybridized carbons (Fsp3) is 0.429. The van der Waals surface area contributed by atoms with Crippen LogP contribution in [0.1, 0.15) is 24.2 Å². The van der Waals surface area contributed by atoms with Gasteiger partial charge in [-0.1, -0.05) is 26.0 Å². The molecule has 1 amide bonds. The number of hydrogen-bond donors (Lipinski definition) is 2. The number of amides is 1. The molecule has 0 aromatic heterocycles. The zero-order chi connectivity index (χ0) is 14.9. The Morgan fingerprint density at radius 2 is 2.05 bits per heavy atom. The van der Waals surface area contributed by atoms with Crippen LogP contribution in [0.3, 0.4) is 0 Å². The molecule has 20 heavy (non-hydrogen) atoms. The molecule has 1 aliphatic heterocycles. The summed E-state index contributed by atoms with van der Waals surface area (Å²) in [6.45, 7) is 3.97. The fourth-order valence-corrected chi connectivity index (χ4v) is 3.79. The number of para-hydroxylation sites is 1. The minimum atomic E-state index is -0.969. The minimum Gasteiger partial charge on any atom is -0.480 e. The molecule has 1 aromatic rings. The van der Waals surface area contributed by atoms with Gasteiger partial charge in [0.25, 0.3) is 5.91 Å². The standard InChI is InChI=1S/C14H18N2O3S/c1-8(2)13-16(11(7-20-13)14(18)19)12(17)9-5-3-4-6-10(9)15/h3-6,8,11,13H,7,15H2,1-2H3,(H,18,19). The molecule has 108 valence electrons. The molecule has 5 nitrogen and oxygen atoms in total. The molecular formula is C14H18N2O3S. The second-order valence-electron chi connectivity index (χ2n) is 5.12. The summed E-state index contributed by atoms with van der Waals surface area (Å²) in [5, 5.41) is 9.17. The summed E-state index contributed by atoms with van der Waals surface area (Å²) in [6.07, 6.45) is 0. The zero-order valence-electron chi connectivity index (χ0n) is 11.4. The second kappa shape index (κ2) is 5.75. The topological polar surface area (TPSA) is 83.6 Å². The third kappa shape index (κ3) is 2.60. The smallest absolute Gasteiger partial charge is 0.327 e. The highest BCUT2D eigenvalue weighted by Crippen LogP contribution is 2.35. The average Bonchev–Trinajstić information content (AvgIpc) is 2.83. The van der Waals surface area contributed by atoms with Crippen LogP contribution in [0.4, 0.5) is 5.69 Å². The monoisotopic (exact) mass is 294 g/mol. The van der Waals surface area contributed by atoms with E-state index in [1.165, 1.54) is 16.7 Å². The van der Waals surface area contributed by atoms with Gasteiger partial charge in [0.1, 0.15) is 6.04 Å². The highest BCUT2D eigenvalue weighted by atomic mass is 32.2. The highest BCUT2D eigenvalue weighted by Gasteiger charge is 2.43. The van der Waals surface area contributed by atoms with Crippen molar-refractivity contribution in [2.75, 3.05) is 11.5 Å². The van der Waals surface area contributed by atoms with Gasteiger partial charge in [-0.25, -0.2) is 4.79 Å². The lowest BCUT2D eigenvalue weighted by molar-refractivity contribution is -0.141. The Morgan fingerprint density at radius 1 is 1.40 bits per heavy atom. The number of carbonyl (C=O) groups is 2. The third-order valence-corrected chi connectivity index (χ3v) is 4.94. The van der Waals surface area contributed by atoms with E-state index in [9.17, 15) is 14.7 Å². The number of carboxylic acids is 1. The molecule has 1 fully saturated rings. The van der Waals surface area contributed by atoms with Crippen molar-refractivity contribution in [2.45, 2.75) is 25.3 Å². The van der Waals surface area contributed by atoms with Crippen LogP contribution in [-0.4, -0.2) is 39.1 Å². The number of aliphatic carboxylic acids is 1. The zero-order valence-corrected chi connectivity index (χ0v) is 12.3. The molecule has 1 heterocycles. The molecule has 2 atom stereocenters. The van der Waals surface area contributed by atoms with Crippen LogP contribution in [0, 0.1) is 5.92 Å². The van der Waals surface area contributed by atoms with Gasteiger partial charge in [0, 0.05) is 11.4 Å². The lowest BCUT2D eigenvalue weighted by Gasteiger charge is -2.30. The van der Waals surface area contributed by atoms with E-state index in [1.807, 2.05) is 13.8 Å². The summed E-state index contributed by atoms with van der Waals surface area (Å²) < 4.78 is 0. The summed E-state index contributed by atoms with van der Waals surface area (Å²) in [5.41, 5.74) is 6.57. The van der Waals surface area contributed by atoms with Gasteiger partial charge in [-0.3, -0.25) is 4.79 Å². The van der Waals surface area contributed by atoms with Gasteiger partial charge in [-0.05, 0) is 18.1 Å². The van der Waals surface area contributed by atoms with E-state index in [0.29, 0.717) is 17.0 Å². The van der Waals surface area contributed by atoms with Crippen molar-refractivity contribution in [1.82, 2.24) is 4.90 Å². The van der Waals surface area contributed by atoms with Crippen LogP contribution in [0.5, 0.6) is 0 Å². The molecule has 0 radical (unpaired) electrons. The van der Waals surface area contributed by atoms with Gasteiger partial charge in [0.15, 0.2) is 0 Å². The Kier molecular flexibility index (Phi) is 4.23. The molecule has 0 spiro atoms. The van der Waals surface area contributed by atoms with E-state index in [4.69, 9.17) is 5.73 Å². The average molecular weight is 294 g/mol. The second-order valence-corrected chi connectivity index (χ2v) is 6.27. The molecule has 1 aromatic carbocycles. The summed E-state index contributed by atoms with van der Waals surface area (Å²) >= 11 is 1.51. The number of hydrogen-bond acceptors (Lipinski definition) is 4. The minimum absolute atomic E-state index is 0.136. The van der Waals surface area contributed by atoms with Gasteiger partial charge in [-0.2, -0.15) is 0 Å². The number of carboxylic acid groups (broad SMARTS) is 1. The number of benzene rings is 1. The number of nitrogens with two attached hydrogens (primary N) is 1. The van der Waals surface area contributed by atoms with Gasteiger partial charge in [-0.15, -0.1) is 11.8 Å². The van der Waals surface area contributed by atoms with Crippen LogP contribution in [0.25, 0.3) is 0 Å². The van der Waals surface area contributed by atoms with Gasteiger partial charge in [0.05, 0.1) is 10.9 Å². The van der Waals surface area contributed by atoms with Crippen LogP contribution in [0.2, 0.25) is 0 Å². The van der Waals surface area contributed by atoms with Gasteiger partial charge >= 0.3 is 5.97 Å². The van der Waals surface area contributed by atoms with Crippen molar-refractivity contribution in [3.8, 4) is 0 Å². The van der Waals surface area contributed by atoms with Crippen LogP contribution in [-0.2, 0) is 4.79 Å². The fourth-order valence-electron chi connectivity index (χ4n) is 2.32. The first-order valence-electron chi connectivity index (χ1n) is 6.45. The maximum absolute atomic E-state index is 12.7. The Balaban J connectivity index is 2.37. The maximum atomic E-state index is 12.7. The predicted octanol–water partition coefficient (Wildman–Crippen LogP) is 1.89. The van der Waals surface area contributed by atoms with E-state index in [2.05, 4.69) is 0 Å². The van der Waals surface area contributed by atoms with Crippen molar-refractivity contribution < 1.29 is 14.7 Å². The molecule has 2 unspecified atom stereocenters. The molecule has 1 saturated heterocycles. The third-order valence-electron chi connectivity index (χ3n) is 3.32. The van der Waals surface area contributed by atoms with Crippen molar-refractivity contribution in [3.05, 3.63) is 29.8 Å². The van der Waals surface area contributed by atoms with E-state index in [0.717, 1.165) is 0 Å². The molecule has 0 bridgehead atoms. The summed E-state index contributed by atoms with van der Waals surface area (Å²) in [5.74, 6) is -0.683. The SMILES string of the molecule is CC(C)C1SCC(C(=O)O)N1C(=O)c1ccccc1N. The van der Waals surface area contributed by atoms with E-state index >= 15 is 0 Å². The van der Waals surface area contributed by atoms with E-state index in [-0.39, 0.29) is 17.2 Å². The Hall–Kier alpha value is -1.69. The molecule has 6 heteroatoms. The number of carbonyl (C=O) groups excluding carboxylic acids is 1. The molecule has 3 N–H and O–H groups in total. The number of rotatable bonds is 3. The van der Waals surface area contributed by atoms with Crippen molar-refractivity contribution in [3.63, 3.8) is 0 Å². The van der Waals surface area contributed by atoms with Crippen LogP contribution < -0.4 is 5.73 Å². The molecule has 1 aliphatic rings. The number of anilines is 1. The lowest BCUT2D eigenvalue weighted by atomic mass is 10.1. The first-order valence-corrected chi connectivity index (χ1v) is 7.50. The molecular weight excluding hydrogens is 276 g/mol. The maximum Gasteiger partial charge on any atom is 0.327 e. The van der Waals surface area contributed by atoms with Crippen molar-refractivity contribution in [1.29, 1.82) is 0 Å². The van der Waals surface area contributed by atoms with Crippen LogP contribution in [0.15, 0.2) is 24.3 Å². The first kappa shape index (κ1) is 14.7. The Labute approximate surface area is 122 Å². The van der Waals surface area contributed by atoms with Crippen molar-refractivity contribution >= 4 is 29.3 Å². The molecule has 0 aliphatic carbocycles. The number of nitrogens with zero attached hydrogens (tertiary/aromatic N) is 1. The summed E-state index contributed by atoms with van der Waals surface area (Å²) in [4.78, 5) is 25.5.